The van der Waals surface area contributed by atoms with Crippen LogP contribution in [0.4, 0.5) is 0 Å². The van der Waals surface area contributed by atoms with Crippen LogP contribution >= 0.6 is 11.6 Å². The molecular weight excluding hydrogens is 350 g/mol. The van der Waals surface area contributed by atoms with Gasteiger partial charge in [-0.25, -0.2) is 24.6 Å². The van der Waals surface area contributed by atoms with Gasteiger partial charge in [0.15, 0.2) is 5.65 Å². The predicted octanol–water partition coefficient (Wildman–Crippen LogP) is 0.869. The van der Waals surface area contributed by atoms with Gasteiger partial charge >= 0.3 is 11.9 Å². The lowest BCUT2D eigenvalue weighted by molar-refractivity contribution is -0.152. The smallest absolute Gasteiger partial charge is 0.398 e. The van der Waals surface area contributed by atoms with Gasteiger partial charge in [-0.2, -0.15) is 5.10 Å². The minimum absolute atomic E-state index is 0.0465. The topological polar surface area (TPSA) is 108 Å². The normalized spacial score (nSPS) is 10.6. The molecule has 0 saturated carbocycles. The van der Waals surface area contributed by atoms with Crippen LogP contribution in [0.2, 0.25) is 5.02 Å². The van der Waals surface area contributed by atoms with Gasteiger partial charge < -0.3 is 4.74 Å². The number of halogens is 1. The van der Waals surface area contributed by atoms with Crippen molar-refractivity contribution >= 4 is 34.5 Å². The summed E-state index contributed by atoms with van der Waals surface area (Å²) in [5.74, 6) is -2.17. The zero-order valence-corrected chi connectivity index (χ0v) is 13.7. The molecule has 10 heteroatoms. The molecule has 0 aliphatic carbocycles. The number of esters is 1. The molecule has 128 valence electrons. The summed E-state index contributed by atoms with van der Waals surface area (Å²) in [6.45, 7) is 1.61. The largest absolute Gasteiger partial charge is 0.459 e. The van der Waals surface area contributed by atoms with Crippen LogP contribution < -0.4 is 11.0 Å². The molecule has 0 fully saturated rings. The van der Waals surface area contributed by atoms with E-state index >= 15 is 0 Å². The van der Waals surface area contributed by atoms with Gasteiger partial charge in [-0.15, -0.1) is 0 Å². The van der Waals surface area contributed by atoms with E-state index in [0.29, 0.717) is 10.7 Å². The Bertz CT molecular complexity index is 1030. The van der Waals surface area contributed by atoms with E-state index < -0.39 is 17.4 Å². The molecule has 0 bridgehead atoms. The predicted molar refractivity (Wildman–Crippen MR) is 89.1 cm³/mol. The molecule has 0 aliphatic rings. The van der Waals surface area contributed by atoms with Crippen molar-refractivity contribution in [1.29, 1.82) is 0 Å². The first-order valence-electron chi connectivity index (χ1n) is 7.20. The van der Waals surface area contributed by atoms with E-state index in [-0.39, 0.29) is 17.6 Å². The third kappa shape index (κ3) is 3.22. The molecule has 0 saturated heterocycles. The SMILES string of the molecule is CCOC(=O)C(=O)Nn1cnc2c(cnn2-c2cccc(Cl)c2)c1=O. The Balaban J connectivity index is 1.98. The number of rotatable bonds is 3. The summed E-state index contributed by atoms with van der Waals surface area (Å²) >= 11 is 5.96. The maximum Gasteiger partial charge on any atom is 0.398 e. The van der Waals surface area contributed by atoms with E-state index in [1.165, 1.54) is 10.9 Å². The van der Waals surface area contributed by atoms with E-state index in [2.05, 4.69) is 20.2 Å². The van der Waals surface area contributed by atoms with Crippen molar-refractivity contribution in [2.75, 3.05) is 12.0 Å². The highest BCUT2D eigenvalue weighted by Gasteiger charge is 2.17. The molecule has 0 unspecified atom stereocenters. The number of nitrogens with zero attached hydrogens (tertiary/aromatic N) is 4. The fourth-order valence-electron chi connectivity index (χ4n) is 2.14. The van der Waals surface area contributed by atoms with E-state index in [9.17, 15) is 14.4 Å². The van der Waals surface area contributed by atoms with Crippen LogP contribution in [0.15, 0.2) is 41.6 Å². The van der Waals surface area contributed by atoms with Crippen molar-refractivity contribution in [3.8, 4) is 5.69 Å². The second-order valence-electron chi connectivity index (χ2n) is 4.85. The molecule has 3 rings (SSSR count). The maximum atomic E-state index is 12.4. The monoisotopic (exact) mass is 361 g/mol. The van der Waals surface area contributed by atoms with E-state index in [1.807, 2.05) is 0 Å². The molecular formula is C15H12ClN5O4. The first kappa shape index (κ1) is 16.7. The summed E-state index contributed by atoms with van der Waals surface area (Å²) in [5, 5.41) is 4.80. The Labute approximate surface area is 145 Å². The molecule has 0 aliphatic heterocycles. The van der Waals surface area contributed by atoms with Gasteiger partial charge in [-0.1, -0.05) is 17.7 Å². The zero-order chi connectivity index (χ0) is 18.0. The molecule has 1 N–H and O–H groups in total. The Morgan fingerprint density at radius 3 is 2.88 bits per heavy atom. The molecule has 0 spiro atoms. The second kappa shape index (κ2) is 6.73. The quantitative estimate of drug-likeness (QED) is 0.547. The number of aromatic nitrogens is 4. The van der Waals surface area contributed by atoms with Crippen molar-refractivity contribution in [3.63, 3.8) is 0 Å². The molecule has 2 heterocycles. The molecule has 0 atom stereocenters. The minimum atomic E-state index is -1.09. The highest BCUT2D eigenvalue weighted by atomic mass is 35.5. The van der Waals surface area contributed by atoms with Gasteiger partial charge in [0, 0.05) is 5.02 Å². The van der Waals surface area contributed by atoms with Crippen LogP contribution in [0.3, 0.4) is 0 Å². The van der Waals surface area contributed by atoms with E-state index in [0.717, 1.165) is 11.0 Å². The number of hydrogen-bond acceptors (Lipinski definition) is 6. The summed E-state index contributed by atoms with van der Waals surface area (Å²) < 4.78 is 6.80. The average molecular weight is 362 g/mol. The first-order chi connectivity index (χ1) is 12.0. The Hall–Kier alpha value is -3.20. The van der Waals surface area contributed by atoms with Crippen LogP contribution in [0.1, 0.15) is 6.92 Å². The number of benzene rings is 1. The van der Waals surface area contributed by atoms with Gasteiger partial charge in [-0.05, 0) is 25.1 Å². The fourth-order valence-corrected chi connectivity index (χ4v) is 2.32. The molecule has 25 heavy (non-hydrogen) atoms. The maximum absolute atomic E-state index is 12.4. The summed E-state index contributed by atoms with van der Waals surface area (Å²) in [5.41, 5.74) is 2.44. The third-order valence-electron chi connectivity index (χ3n) is 3.22. The number of hydrogen-bond donors (Lipinski definition) is 1. The average Bonchev–Trinajstić information content (AvgIpc) is 3.02. The van der Waals surface area contributed by atoms with Gasteiger partial charge in [0.05, 0.1) is 18.5 Å². The summed E-state index contributed by atoms with van der Waals surface area (Å²) in [6.07, 6.45) is 2.41. The van der Waals surface area contributed by atoms with Crippen LogP contribution in [0.5, 0.6) is 0 Å². The fraction of sp³-hybridized carbons (Fsp3) is 0.133. The number of ether oxygens (including phenoxy) is 1. The van der Waals surface area contributed by atoms with Gasteiger partial charge in [0.2, 0.25) is 0 Å². The van der Waals surface area contributed by atoms with Crippen molar-refractivity contribution in [3.05, 3.63) is 52.2 Å². The number of amides is 1. The highest BCUT2D eigenvalue weighted by molar-refractivity contribution is 6.35. The van der Waals surface area contributed by atoms with Gasteiger partial charge in [0.25, 0.3) is 5.56 Å². The van der Waals surface area contributed by atoms with Gasteiger partial charge in [0.1, 0.15) is 11.7 Å². The number of carbonyl (C=O) groups excluding carboxylic acids is 2. The summed E-state index contributed by atoms with van der Waals surface area (Å²) in [6, 6.07) is 6.88. The first-order valence-corrected chi connectivity index (χ1v) is 7.58. The Kier molecular flexibility index (Phi) is 4.48. The number of fused-ring (bicyclic) bond motifs is 1. The molecule has 9 nitrogen and oxygen atoms in total. The second-order valence-corrected chi connectivity index (χ2v) is 5.29. The van der Waals surface area contributed by atoms with Crippen molar-refractivity contribution in [1.82, 2.24) is 19.4 Å². The molecule has 1 amide bonds. The van der Waals surface area contributed by atoms with Crippen molar-refractivity contribution < 1.29 is 14.3 Å². The lowest BCUT2D eigenvalue weighted by Crippen LogP contribution is -2.37. The minimum Gasteiger partial charge on any atom is -0.459 e. The van der Waals surface area contributed by atoms with E-state index in [4.69, 9.17) is 11.6 Å². The number of nitrogens with one attached hydrogen (secondary N) is 1. The van der Waals surface area contributed by atoms with Crippen molar-refractivity contribution in [2.24, 2.45) is 0 Å². The molecule has 3 aromatic rings. The van der Waals surface area contributed by atoms with Crippen LogP contribution in [0, 0.1) is 0 Å². The highest BCUT2D eigenvalue weighted by Crippen LogP contribution is 2.17. The Morgan fingerprint density at radius 2 is 2.16 bits per heavy atom. The van der Waals surface area contributed by atoms with E-state index in [1.54, 1.807) is 31.2 Å². The van der Waals surface area contributed by atoms with Gasteiger partial charge in [-0.3, -0.25) is 9.59 Å². The number of carbonyl (C=O) groups is 2. The summed E-state index contributed by atoms with van der Waals surface area (Å²) in [4.78, 5) is 39.5. The zero-order valence-electron chi connectivity index (χ0n) is 13.0. The lowest BCUT2D eigenvalue weighted by atomic mass is 10.3. The van der Waals surface area contributed by atoms with Crippen LogP contribution in [-0.2, 0) is 14.3 Å². The standard InChI is InChI=1S/C15H12ClN5O4/c1-2-25-15(24)13(22)19-20-8-17-12-11(14(20)23)7-18-21(12)10-5-3-4-9(16)6-10/h3-8H,2H2,1H3,(H,19,22). The third-order valence-corrected chi connectivity index (χ3v) is 3.46. The Morgan fingerprint density at radius 1 is 1.36 bits per heavy atom. The van der Waals surface area contributed by atoms with Crippen LogP contribution in [-0.4, -0.2) is 37.9 Å². The molecule has 1 aromatic carbocycles. The summed E-state index contributed by atoms with van der Waals surface area (Å²) in [7, 11) is 0. The van der Waals surface area contributed by atoms with Crippen LogP contribution in [0.25, 0.3) is 16.7 Å². The lowest BCUT2D eigenvalue weighted by Gasteiger charge is -2.07. The van der Waals surface area contributed by atoms with Crippen molar-refractivity contribution in [2.45, 2.75) is 6.92 Å². The molecule has 2 aromatic heterocycles. The molecule has 0 radical (unpaired) electrons.